The Morgan fingerprint density at radius 2 is 2.06 bits per heavy atom. The molecule has 1 nitrogen and oxygen atoms in total. The monoisotopic (exact) mass is 279 g/mol. The minimum atomic E-state index is 0.151. The van der Waals surface area contributed by atoms with E-state index in [-0.39, 0.29) is 6.04 Å². The molecule has 0 aliphatic rings. The van der Waals surface area contributed by atoms with E-state index in [2.05, 4.69) is 31.2 Å². The molecule has 0 fully saturated rings. The van der Waals surface area contributed by atoms with Gasteiger partial charge in [0.1, 0.15) is 0 Å². The average Bonchev–Trinajstić information content (AvgIpc) is 2.78. The second-order valence-electron chi connectivity index (χ2n) is 4.58. The van der Waals surface area contributed by atoms with E-state index in [1.54, 1.807) is 11.3 Å². The summed E-state index contributed by atoms with van der Waals surface area (Å²) in [6, 6.07) is 10.6. The van der Waals surface area contributed by atoms with Crippen LogP contribution in [-0.4, -0.2) is 0 Å². The van der Waals surface area contributed by atoms with Crippen LogP contribution in [-0.2, 0) is 0 Å². The predicted octanol–water partition coefficient (Wildman–Crippen LogP) is 5.18. The zero-order valence-corrected chi connectivity index (χ0v) is 12.3. The molecule has 0 bridgehead atoms. The average molecular weight is 280 g/mol. The van der Waals surface area contributed by atoms with Crippen LogP contribution in [0.2, 0.25) is 5.02 Å². The number of benzene rings is 1. The fraction of sp³-hybridized carbons (Fsp3) is 0.333. The Kier molecular flexibility index (Phi) is 4.44. The summed E-state index contributed by atoms with van der Waals surface area (Å²) in [6.07, 6.45) is 2.14. The van der Waals surface area contributed by atoms with Crippen LogP contribution in [0.3, 0.4) is 0 Å². The van der Waals surface area contributed by atoms with Crippen LogP contribution in [0.5, 0.6) is 0 Å². The molecule has 0 amide bonds. The van der Waals surface area contributed by atoms with Gasteiger partial charge in [-0.25, -0.2) is 0 Å². The number of aryl methyl sites for hydroxylation is 1. The SMILES string of the molecule is CCCC(N)c1ccc(-c2ccc(C)cc2Cl)s1. The van der Waals surface area contributed by atoms with Crippen LogP contribution in [0.15, 0.2) is 30.3 Å². The predicted molar refractivity (Wildman–Crippen MR) is 81.3 cm³/mol. The minimum absolute atomic E-state index is 0.151. The summed E-state index contributed by atoms with van der Waals surface area (Å²) in [5, 5.41) is 0.812. The topological polar surface area (TPSA) is 26.0 Å². The first kappa shape index (κ1) is 13.6. The van der Waals surface area contributed by atoms with Gasteiger partial charge in [-0.3, -0.25) is 0 Å². The van der Waals surface area contributed by atoms with Crippen molar-refractivity contribution >= 4 is 22.9 Å². The van der Waals surface area contributed by atoms with Gasteiger partial charge in [-0.1, -0.05) is 37.1 Å². The third-order valence-corrected chi connectivity index (χ3v) is 4.55. The maximum absolute atomic E-state index is 6.29. The molecular formula is C15H18ClNS. The third kappa shape index (κ3) is 2.94. The summed E-state index contributed by atoms with van der Waals surface area (Å²) in [5.74, 6) is 0. The van der Waals surface area contributed by atoms with E-state index in [9.17, 15) is 0 Å². The Hall–Kier alpha value is -0.830. The molecule has 0 saturated carbocycles. The lowest BCUT2D eigenvalue weighted by atomic mass is 10.1. The molecule has 1 unspecified atom stereocenters. The van der Waals surface area contributed by atoms with Crippen LogP contribution in [0.1, 0.15) is 36.2 Å². The minimum Gasteiger partial charge on any atom is -0.323 e. The van der Waals surface area contributed by atoms with Crippen LogP contribution < -0.4 is 5.73 Å². The molecule has 1 atom stereocenters. The molecule has 0 saturated heterocycles. The van der Waals surface area contributed by atoms with E-state index in [4.69, 9.17) is 17.3 Å². The number of hydrogen-bond donors (Lipinski definition) is 1. The second-order valence-corrected chi connectivity index (χ2v) is 6.10. The van der Waals surface area contributed by atoms with Gasteiger partial charge in [0.25, 0.3) is 0 Å². The highest BCUT2D eigenvalue weighted by Gasteiger charge is 2.11. The molecule has 2 rings (SSSR count). The Labute approximate surface area is 118 Å². The zero-order chi connectivity index (χ0) is 13.1. The van der Waals surface area contributed by atoms with Crippen molar-refractivity contribution in [1.29, 1.82) is 0 Å². The number of hydrogen-bond acceptors (Lipinski definition) is 2. The number of halogens is 1. The lowest BCUT2D eigenvalue weighted by Crippen LogP contribution is -2.07. The van der Waals surface area contributed by atoms with Gasteiger partial charge in [-0.2, -0.15) is 0 Å². The van der Waals surface area contributed by atoms with E-state index < -0.39 is 0 Å². The lowest BCUT2D eigenvalue weighted by molar-refractivity contribution is 0.648. The zero-order valence-electron chi connectivity index (χ0n) is 10.7. The van der Waals surface area contributed by atoms with E-state index in [0.717, 1.165) is 23.4 Å². The number of rotatable bonds is 4. The number of thiophene rings is 1. The maximum Gasteiger partial charge on any atom is 0.0495 e. The normalized spacial score (nSPS) is 12.7. The third-order valence-electron chi connectivity index (χ3n) is 2.98. The summed E-state index contributed by atoms with van der Waals surface area (Å²) >= 11 is 8.03. The first-order chi connectivity index (χ1) is 8.61. The van der Waals surface area contributed by atoms with Gasteiger partial charge in [-0.15, -0.1) is 11.3 Å². The highest BCUT2D eigenvalue weighted by molar-refractivity contribution is 7.15. The molecule has 0 aliphatic carbocycles. The first-order valence-corrected chi connectivity index (χ1v) is 7.43. The van der Waals surface area contributed by atoms with E-state index in [1.807, 2.05) is 13.0 Å². The van der Waals surface area contributed by atoms with Crippen molar-refractivity contribution in [3.63, 3.8) is 0 Å². The maximum atomic E-state index is 6.29. The van der Waals surface area contributed by atoms with Gasteiger partial charge in [0.15, 0.2) is 0 Å². The summed E-state index contributed by atoms with van der Waals surface area (Å²) in [4.78, 5) is 2.44. The van der Waals surface area contributed by atoms with Crippen LogP contribution in [0.25, 0.3) is 10.4 Å². The summed E-state index contributed by atoms with van der Waals surface area (Å²) in [6.45, 7) is 4.21. The molecule has 96 valence electrons. The Balaban J connectivity index is 2.29. The van der Waals surface area contributed by atoms with Crippen molar-refractivity contribution in [3.8, 4) is 10.4 Å². The van der Waals surface area contributed by atoms with Crippen molar-refractivity contribution in [2.45, 2.75) is 32.7 Å². The largest absolute Gasteiger partial charge is 0.323 e. The molecular weight excluding hydrogens is 262 g/mol. The fourth-order valence-electron chi connectivity index (χ4n) is 1.97. The molecule has 1 heterocycles. The van der Waals surface area contributed by atoms with Gasteiger partial charge in [0, 0.05) is 26.4 Å². The van der Waals surface area contributed by atoms with E-state index >= 15 is 0 Å². The molecule has 1 aromatic heterocycles. The van der Waals surface area contributed by atoms with E-state index in [0.29, 0.717) is 0 Å². The van der Waals surface area contributed by atoms with E-state index in [1.165, 1.54) is 15.3 Å². The first-order valence-electron chi connectivity index (χ1n) is 6.23. The fourth-order valence-corrected chi connectivity index (χ4v) is 3.45. The standard InChI is InChI=1S/C15H18ClNS/c1-3-4-13(17)15-8-7-14(18-15)11-6-5-10(2)9-12(11)16/h5-9,13H,3-4,17H2,1-2H3. The van der Waals surface area contributed by atoms with Crippen LogP contribution >= 0.6 is 22.9 Å². The lowest BCUT2D eigenvalue weighted by Gasteiger charge is -2.07. The second kappa shape index (κ2) is 5.87. The summed E-state index contributed by atoms with van der Waals surface area (Å²) < 4.78 is 0. The van der Waals surface area contributed by atoms with Gasteiger partial charge in [-0.05, 0) is 37.1 Å². The molecule has 2 N–H and O–H groups in total. The summed E-state index contributed by atoms with van der Waals surface area (Å²) in [7, 11) is 0. The molecule has 3 heteroatoms. The van der Waals surface area contributed by atoms with Crippen molar-refractivity contribution < 1.29 is 0 Å². The van der Waals surface area contributed by atoms with Crippen molar-refractivity contribution in [2.24, 2.45) is 5.73 Å². The van der Waals surface area contributed by atoms with Crippen LogP contribution in [0, 0.1) is 6.92 Å². The highest BCUT2D eigenvalue weighted by Crippen LogP contribution is 2.36. The van der Waals surface area contributed by atoms with Crippen LogP contribution in [0.4, 0.5) is 0 Å². The molecule has 2 aromatic rings. The Morgan fingerprint density at radius 3 is 2.72 bits per heavy atom. The van der Waals surface area contributed by atoms with Crippen molar-refractivity contribution in [2.75, 3.05) is 0 Å². The Morgan fingerprint density at radius 1 is 1.28 bits per heavy atom. The molecule has 0 radical (unpaired) electrons. The molecule has 0 aliphatic heterocycles. The summed E-state index contributed by atoms with van der Waals surface area (Å²) in [5.41, 5.74) is 8.42. The van der Waals surface area contributed by atoms with Crippen molar-refractivity contribution in [3.05, 3.63) is 45.8 Å². The highest BCUT2D eigenvalue weighted by atomic mass is 35.5. The van der Waals surface area contributed by atoms with Gasteiger partial charge in [0.2, 0.25) is 0 Å². The van der Waals surface area contributed by atoms with Gasteiger partial charge >= 0.3 is 0 Å². The van der Waals surface area contributed by atoms with Gasteiger partial charge in [0.05, 0.1) is 0 Å². The molecule has 18 heavy (non-hydrogen) atoms. The molecule has 1 aromatic carbocycles. The smallest absolute Gasteiger partial charge is 0.0495 e. The van der Waals surface area contributed by atoms with Crippen molar-refractivity contribution in [1.82, 2.24) is 0 Å². The quantitative estimate of drug-likeness (QED) is 0.820. The molecule has 0 spiro atoms. The number of nitrogens with two attached hydrogens (primary N) is 1. The Bertz CT molecular complexity index is 533. The van der Waals surface area contributed by atoms with Gasteiger partial charge < -0.3 is 5.73 Å².